The summed E-state index contributed by atoms with van der Waals surface area (Å²) in [5, 5.41) is 10.2. The molecule has 0 saturated carbocycles. The van der Waals surface area contributed by atoms with Crippen LogP contribution in [0.5, 0.6) is 5.75 Å². The number of benzene rings is 2. The van der Waals surface area contributed by atoms with Gasteiger partial charge in [-0.25, -0.2) is 13.9 Å². The van der Waals surface area contributed by atoms with Gasteiger partial charge in [-0.1, -0.05) is 29.8 Å². The molecule has 0 atom stereocenters. The van der Waals surface area contributed by atoms with Crippen LogP contribution in [-0.2, 0) is 17.9 Å². The number of carbonyl (C=O) groups excluding carboxylic acids is 2. The molecule has 2 heterocycles. The molecular weight excluding hydrogens is 446 g/mol. The van der Waals surface area contributed by atoms with Crippen LogP contribution >= 0.6 is 11.6 Å². The summed E-state index contributed by atoms with van der Waals surface area (Å²) in [5.74, 6) is -0.110. The number of anilines is 1. The molecule has 0 aliphatic carbocycles. The number of hydrogen-bond donors (Lipinski definition) is 2. The number of nitrogens with one attached hydrogen (secondary N) is 2. The summed E-state index contributed by atoms with van der Waals surface area (Å²) in [6.45, 7) is -0.0331. The Balaban J connectivity index is 1.46. The lowest BCUT2D eigenvalue weighted by Gasteiger charge is -2.06. The van der Waals surface area contributed by atoms with Gasteiger partial charge in [0.1, 0.15) is 12.3 Å². The number of rotatable bonds is 7. The standard InChI is InChI=1S/C23H20ClN5O4/c1-33-18-9-7-17(8-10-18)26-22(31)16-6-11-20-27-29(23(32)28(20)13-16)14-21(30)25-12-15-4-2-3-5-19(15)24/h2-11,13H,12,14H2,1H3,(H,25,30)(H,26,31). The normalized spacial score (nSPS) is 10.7. The molecule has 9 nitrogen and oxygen atoms in total. The molecule has 0 aliphatic rings. The van der Waals surface area contributed by atoms with Crippen molar-refractivity contribution in [2.75, 3.05) is 12.4 Å². The number of ether oxygens (including phenoxy) is 1. The number of hydrogen-bond acceptors (Lipinski definition) is 5. The van der Waals surface area contributed by atoms with Gasteiger partial charge in [-0.2, -0.15) is 0 Å². The van der Waals surface area contributed by atoms with Gasteiger partial charge in [0.15, 0.2) is 5.65 Å². The number of amides is 2. The fourth-order valence-electron chi connectivity index (χ4n) is 3.16. The third-order valence-corrected chi connectivity index (χ3v) is 5.28. The summed E-state index contributed by atoms with van der Waals surface area (Å²) in [7, 11) is 1.56. The predicted molar refractivity (Wildman–Crippen MR) is 124 cm³/mol. The maximum Gasteiger partial charge on any atom is 0.350 e. The molecule has 33 heavy (non-hydrogen) atoms. The molecule has 4 rings (SSSR count). The molecule has 0 spiro atoms. The molecular formula is C23H20ClN5O4. The number of halogens is 1. The first-order valence-electron chi connectivity index (χ1n) is 9.99. The van der Waals surface area contributed by atoms with E-state index in [-0.39, 0.29) is 24.6 Å². The Morgan fingerprint density at radius 1 is 1.06 bits per heavy atom. The van der Waals surface area contributed by atoms with Crippen LogP contribution in [0.3, 0.4) is 0 Å². The maximum absolute atomic E-state index is 12.7. The topological polar surface area (TPSA) is 107 Å². The summed E-state index contributed by atoms with van der Waals surface area (Å²) in [6, 6.07) is 17.1. The van der Waals surface area contributed by atoms with Crippen molar-refractivity contribution < 1.29 is 14.3 Å². The molecule has 0 saturated heterocycles. The zero-order valence-corrected chi connectivity index (χ0v) is 18.4. The van der Waals surface area contributed by atoms with Gasteiger partial charge >= 0.3 is 5.69 Å². The van der Waals surface area contributed by atoms with Crippen LogP contribution in [0.25, 0.3) is 5.65 Å². The maximum atomic E-state index is 12.7. The highest BCUT2D eigenvalue weighted by molar-refractivity contribution is 6.31. The van der Waals surface area contributed by atoms with E-state index in [0.717, 1.165) is 10.2 Å². The van der Waals surface area contributed by atoms with E-state index < -0.39 is 11.6 Å². The van der Waals surface area contributed by atoms with Crippen molar-refractivity contribution in [3.8, 4) is 5.75 Å². The molecule has 10 heteroatoms. The molecule has 2 aromatic heterocycles. The van der Waals surface area contributed by atoms with Gasteiger partial charge in [-0.05, 0) is 48.0 Å². The van der Waals surface area contributed by atoms with Crippen LogP contribution in [0, 0.1) is 0 Å². The van der Waals surface area contributed by atoms with E-state index in [4.69, 9.17) is 16.3 Å². The Morgan fingerprint density at radius 2 is 1.82 bits per heavy atom. The van der Waals surface area contributed by atoms with Crippen LogP contribution in [0.15, 0.2) is 71.7 Å². The fraction of sp³-hybridized carbons (Fsp3) is 0.130. The van der Waals surface area contributed by atoms with Crippen molar-refractivity contribution in [3.05, 3.63) is 93.5 Å². The van der Waals surface area contributed by atoms with Crippen LogP contribution < -0.4 is 21.1 Å². The van der Waals surface area contributed by atoms with Crippen LogP contribution in [-0.4, -0.2) is 33.1 Å². The first-order chi connectivity index (χ1) is 15.9. The summed E-state index contributed by atoms with van der Waals surface area (Å²) in [6.07, 6.45) is 1.39. The van der Waals surface area contributed by atoms with E-state index in [9.17, 15) is 14.4 Å². The molecule has 0 radical (unpaired) electrons. The summed E-state index contributed by atoms with van der Waals surface area (Å²) < 4.78 is 7.37. The first-order valence-corrected chi connectivity index (χ1v) is 10.4. The Kier molecular flexibility index (Phi) is 6.41. The van der Waals surface area contributed by atoms with Gasteiger partial charge in [-0.15, -0.1) is 5.10 Å². The lowest BCUT2D eigenvalue weighted by atomic mass is 10.2. The molecule has 0 aliphatic heterocycles. The third-order valence-electron chi connectivity index (χ3n) is 4.91. The molecule has 0 bridgehead atoms. The molecule has 4 aromatic rings. The van der Waals surface area contributed by atoms with E-state index >= 15 is 0 Å². The average molecular weight is 466 g/mol. The van der Waals surface area contributed by atoms with Crippen molar-refractivity contribution in [1.82, 2.24) is 19.5 Å². The molecule has 0 unspecified atom stereocenters. The van der Waals surface area contributed by atoms with Gasteiger partial charge in [0.2, 0.25) is 5.91 Å². The predicted octanol–water partition coefficient (Wildman–Crippen LogP) is 2.73. The van der Waals surface area contributed by atoms with Crippen molar-refractivity contribution in [3.63, 3.8) is 0 Å². The number of nitrogens with zero attached hydrogens (tertiary/aromatic N) is 3. The highest BCUT2D eigenvalue weighted by Gasteiger charge is 2.14. The Hall–Kier alpha value is -4.11. The van der Waals surface area contributed by atoms with Crippen molar-refractivity contribution >= 4 is 34.7 Å². The van der Waals surface area contributed by atoms with E-state index in [1.54, 1.807) is 61.7 Å². The van der Waals surface area contributed by atoms with Crippen molar-refractivity contribution in [1.29, 1.82) is 0 Å². The highest BCUT2D eigenvalue weighted by Crippen LogP contribution is 2.16. The molecule has 2 N–H and O–H groups in total. The lowest BCUT2D eigenvalue weighted by molar-refractivity contribution is -0.122. The van der Waals surface area contributed by atoms with E-state index in [1.165, 1.54) is 10.6 Å². The smallest absolute Gasteiger partial charge is 0.350 e. The minimum Gasteiger partial charge on any atom is -0.497 e. The lowest BCUT2D eigenvalue weighted by Crippen LogP contribution is -2.32. The summed E-state index contributed by atoms with van der Waals surface area (Å²) >= 11 is 6.09. The molecule has 2 aromatic carbocycles. The number of pyridine rings is 1. The Labute approximate surface area is 193 Å². The first kappa shape index (κ1) is 22.1. The minimum absolute atomic E-state index is 0.232. The van der Waals surface area contributed by atoms with Crippen molar-refractivity contribution in [2.24, 2.45) is 0 Å². The number of carbonyl (C=O) groups is 2. The van der Waals surface area contributed by atoms with Gasteiger partial charge in [0, 0.05) is 23.5 Å². The third kappa shape index (κ3) is 5.04. The largest absolute Gasteiger partial charge is 0.497 e. The Morgan fingerprint density at radius 3 is 2.55 bits per heavy atom. The van der Waals surface area contributed by atoms with E-state index in [1.807, 2.05) is 6.07 Å². The fourth-order valence-corrected chi connectivity index (χ4v) is 3.36. The second kappa shape index (κ2) is 9.58. The number of aromatic nitrogens is 3. The zero-order valence-electron chi connectivity index (χ0n) is 17.6. The molecule has 0 fully saturated rings. The van der Waals surface area contributed by atoms with Crippen molar-refractivity contribution in [2.45, 2.75) is 13.1 Å². The number of fused-ring (bicyclic) bond motifs is 1. The quantitative estimate of drug-likeness (QED) is 0.436. The van der Waals surface area contributed by atoms with Crippen LogP contribution in [0.1, 0.15) is 15.9 Å². The average Bonchev–Trinajstić information content (AvgIpc) is 3.13. The molecule has 168 valence electrons. The van der Waals surface area contributed by atoms with Crippen LogP contribution in [0.2, 0.25) is 5.02 Å². The van der Waals surface area contributed by atoms with Gasteiger partial charge in [0.25, 0.3) is 5.91 Å². The summed E-state index contributed by atoms with van der Waals surface area (Å²) in [4.78, 5) is 37.6. The van der Waals surface area contributed by atoms with Gasteiger partial charge < -0.3 is 15.4 Å². The van der Waals surface area contributed by atoms with E-state index in [0.29, 0.717) is 22.1 Å². The number of methoxy groups -OCH3 is 1. The zero-order chi connectivity index (χ0) is 23.4. The minimum atomic E-state index is -0.531. The molecule has 2 amide bonds. The highest BCUT2D eigenvalue weighted by atomic mass is 35.5. The SMILES string of the molecule is COc1ccc(NC(=O)c2ccc3nn(CC(=O)NCc4ccccc4Cl)c(=O)n3c2)cc1. The monoisotopic (exact) mass is 465 g/mol. The van der Waals surface area contributed by atoms with Gasteiger partial charge in [-0.3, -0.25) is 9.59 Å². The second-order valence-corrected chi connectivity index (χ2v) is 7.54. The van der Waals surface area contributed by atoms with Gasteiger partial charge in [0.05, 0.1) is 12.7 Å². The van der Waals surface area contributed by atoms with E-state index in [2.05, 4.69) is 15.7 Å². The van der Waals surface area contributed by atoms with Crippen LogP contribution in [0.4, 0.5) is 5.69 Å². The Bertz CT molecular complexity index is 1380. The second-order valence-electron chi connectivity index (χ2n) is 7.14. The summed E-state index contributed by atoms with van der Waals surface area (Å²) in [5.41, 5.74) is 1.40.